The molecule has 0 amide bonds. The minimum atomic E-state index is 0.112. The van der Waals surface area contributed by atoms with E-state index in [1.54, 1.807) is 0 Å². The van der Waals surface area contributed by atoms with Gasteiger partial charge in [-0.05, 0) is 42.6 Å². The fourth-order valence-corrected chi connectivity index (χ4v) is 7.78. The topological polar surface area (TPSA) is 32.9 Å². The normalized spacial score (nSPS) is 36.5. The highest BCUT2D eigenvalue weighted by Gasteiger charge is 2.54. The molecule has 2 bridgehead atoms. The third kappa shape index (κ3) is 1.75. The molecule has 0 spiro atoms. The largest absolute Gasteiger partial charge is 0.307 e. The van der Waals surface area contributed by atoms with E-state index in [9.17, 15) is 4.79 Å². The first-order chi connectivity index (χ1) is 10.3. The van der Waals surface area contributed by atoms with Gasteiger partial charge in [0, 0.05) is 16.0 Å². The fraction of sp³-hybridized carbons (Fsp3) is 0.471. The maximum absolute atomic E-state index is 11.9. The highest BCUT2D eigenvalue weighted by molar-refractivity contribution is 8.00. The average molecular weight is 315 g/mol. The Balaban J connectivity index is 1.70. The van der Waals surface area contributed by atoms with Crippen molar-refractivity contribution in [2.45, 2.75) is 35.5 Å². The van der Waals surface area contributed by atoms with Gasteiger partial charge in [-0.25, -0.2) is 0 Å². The number of nitrogens with one attached hydrogen (secondary N) is 1. The van der Waals surface area contributed by atoms with Crippen LogP contribution in [0.25, 0.3) is 0 Å². The van der Waals surface area contributed by atoms with Gasteiger partial charge in [0.2, 0.25) is 0 Å². The number of benzene rings is 1. The Hall–Kier alpha value is -1.00. The first-order valence-corrected chi connectivity index (χ1v) is 9.45. The Kier molecular flexibility index (Phi) is 2.68. The molecule has 2 saturated carbocycles. The number of thioether (sulfide) groups is 1. The molecule has 0 saturated heterocycles. The van der Waals surface area contributed by atoms with Crippen LogP contribution in [0.3, 0.4) is 0 Å². The van der Waals surface area contributed by atoms with Crippen LogP contribution in [0.5, 0.6) is 0 Å². The van der Waals surface area contributed by atoms with Crippen LogP contribution in [0.1, 0.15) is 35.6 Å². The molecule has 2 nitrogen and oxygen atoms in total. The van der Waals surface area contributed by atoms with E-state index in [1.807, 2.05) is 11.8 Å². The van der Waals surface area contributed by atoms with Gasteiger partial charge in [-0.2, -0.15) is 0 Å². The summed E-state index contributed by atoms with van der Waals surface area (Å²) in [6, 6.07) is 10.8. The number of fused-ring (bicyclic) bond motifs is 6. The number of rotatable bonds is 1. The number of thiazole rings is 1. The molecule has 1 aromatic carbocycles. The zero-order valence-corrected chi connectivity index (χ0v) is 13.3. The summed E-state index contributed by atoms with van der Waals surface area (Å²) in [6.45, 7) is 0. The summed E-state index contributed by atoms with van der Waals surface area (Å²) < 4.78 is 0. The van der Waals surface area contributed by atoms with Crippen LogP contribution in [0.2, 0.25) is 0 Å². The number of H-pyrrole nitrogens is 1. The lowest BCUT2D eigenvalue weighted by Crippen LogP contribution is -2.33. The second-order valence-corrected chi connectivity index (χ2v) is 8.79. The van der Waals surface area contributed by atoms with Gasteiger partial charge in [0.05, 0.1) is 5.03 Å². The van der Waals surface area contributed by atoms with E-state index in [-0.39, 0.29) is 4.87 Å². The van der Waals surface area contributed by atoms with E-state index in [0.717, 1.165) is 22.8 Å². The van der Waals surface area contributed by atoms with Gasteiger partial charge in [0.15, 0.2) is 0 Å². The van der Waals surface area contributed by atoms with Crippen molar-refractivity contribution >= 4 is 23.1 Å². The summed E-state index contributed by atoms with van der Waals surface area (Å²) >= 11 is 3.40. The quantitative estimate of drug-likeness (QED) is 0.860. The molecule has 1 N–H and O–H groups in total. The maximum atomic E-state index is 11.9. The molecular formula is C17H17NOS2. The van der Waals surface area contributed by atoms with Crippen molar-refractivity contribution in [3.8, 4) is 0 Å². The first kappa shape index (κ1) is 12.5. The molecule has 1 aliphatic heterocycles. The van der Waals surface area contributed by atoms with E-state index < -0.39 is 0 Å². The average Bonchev–Trinajstić information content (AvgIpc) is 3.18. The molecule has 108 valence electrons. The van der Waals surface area contributed by atoms with Gasteiger partial charge in [-0.1, -0.05) is 41.7 Å². The van der Waals surface area contributed by atoms with Gasteiger partial charge in [0.1, 0.15) is 0 Å². The number of hydrogen-bond acceptors (Lipinski definition) is 3. The van der Waals surface area contributed by atoms with E-state index in [4.69, 9.17) is 0 Å². The van der Waals surface area contributed by atoms with Crippen LogP contribution in [0.15, 0.2) is 40.2 Å². The highest BCUT2D eigenvalue weighted by Crippen LogP contribution is 2.63. The molecule has 1 aromatic heterocycles. The van der Waals surface area contributed by atoms with Crippen molar-refractivity contribution in [1.82, 2.24) is 4.98 Å². The van der Waals surface area contributed by atoms with Gasteiger partial charge >= 0.3 is 4.87 Å². The lowest BCUT2D eigenvalue weighted by molar-refractivity contribution is 0.307. The van der Waals surface area contributed by atoms with Crippen molar-refractivity contribution in [2.75, 3.05) is 0 Å². The Labute approximate surface area is 132 Å². The molecule has 2 aliphatic carbocycles. The van der Waals surface area contributed by atoms with Crippen molar-refractivity contribution in [3.05, 3.63) is 50.4 Å². The minimum absolute atomic E-state index is 0.112. The zero-order chi connectivity index (χ0) is 14.0. The van der Waals surface area contributed by atoms with Crippen LogP contribution < -0.4 is 4.87 Å². The Morgan fingerprint density at radius 2 is 1.90 bits per heavy atom. The van der Waals surface area contributed by atoms with Crippen molar-refractivity contribution in [3.63, 3.8) is 0 Å². The Morgan fingerprint density at radius 1 is 1.10 bits per heavy atom. The molecule has 3 aliphatic rings. The Morgan fingerprint density at radius 3 is 2.76 bits per heavy atom. The molecule has 2 aromatic rings. The van der Waals surface area contributed by atoms with Crippen LogP contribution in [0, 0.1) is 17.8 Å². The lowest BCUT2D eigenvalue weighted by Gasteiger charge is -2.40. The van der Waals surface area contributed by atoms with Gasteiger partial charge in [0.25, 0.3) is 0 Å². The predicted molar refractivity (Wildman–Crippen MR) is 87.2 cm³/mol. The SMILES string of the molecule is O=c1[nH]c2c(s1)[C@H](c1ccccc1)[C@@H]1[C@H]3CC[C@@H](C3)[C@@H]1S2. The van der Waals surface area contributed by atoms with Crippen molar-refractivity contribution in [1.29, 1.82) is 0 Å². The minimum Gasteiger partial charge on any atom is -0.307 e. The third-order valence-electron chi connectivity index (χ3n) is 5.62. The van der Waals surface area contributed by atoms with E-state index >= 15 is 0 Å². The Bertz CT molecular complexity index is 735. The second-order valence-electron chi connectivity index (χ2n) is 6.59. The molecular weight excluding hydrogens is 298 g/mol. The molecule has 2 heterocycles. The highest BCUT2D eigenvalue weighted by atomic mass is 32.2. The van der Waals surface area contributed by atoms with Crippen molar-refractivity contribution < 1.29 is 0 Å². The van der Waals surface area contributed by atoms with Gasteiger partial charge in [-0.15, -0.1) is 11.8 Å². The second kappa shape index (κ2) is 4.50. The van der Waals surface area contributed by atoms with E-state index in [1.165, 1.54) is 41.0 Å². The number of aromatic amines is 1. The molecule has 5 atom stereocenters. The summed E-state index contributed by atoms with van der Waals surface area (Å²) in [7, 11) is 0. The maximum Gasteiger partial charge on any atom is 0.305 e. The number of aromatic nitrogens is 1. The first-order valence-electron chi connectivity index (χ1n) is 7.76. The lowest BCUT2D eigenvalue weighted by atomic mass is 9.75. The molecule has 2 fully saturated rings. The van der Waals surface area contributed by atoms with Gasteiger partial charge < -0.3 is 4.98 Å². The van der Waals surface area contributed by atoms with Crippen molar-refractivity contribution in [2.24, 2.45) is 17.8 Å². The smallest absolute Gasteiger partial charge is 0.305 e. The molecule has 0 radical (unpaired) electrons. The van der Waals surface area contributed by atoms with Gasteiger partial charge in [-0.3, -0.25) is 4.79 Å². The summed E-state index contributed by atoms with van der Waals surface area (Å²) in [4.78, 5) is 16.4. The summed E-state index contributed by atoms with van der Waals surface area (Å²) in [6.07, 6.45) is 4.19. The van der Waals surface area contributed by atoms with Crippen LogP contribution >= 0.6 is 23.1 Å². The van der Waals surface area contributed by atoms with E-state index in [2.05, 4.69) is 35.3 Å². The van der Waals surface area contributed by atoms with Crippen LogP contribution in [-0.2, 0) is 0 Å². The van der Waals surface area contributed by atoms with Crippen LogP contribution in [-0.4, -0.2) is 10.2 Å². The summed E-state index contributed by atoms with van der Waals surface area (Å²) in [5.41, 5.74) is 1.40. The molecule has 0 unspecified atom stereocenters. The molecule has 21 heavy (non-hydrogen) atoms. The third-order valence-corrected chi connectivity index (χ3v) is 8.25. The van der Waals surface area contributed by atoms with Crippen LogP contribution in [0.4, 0.5) is 0 Å². The molecule has 4 heteroatoms. The summed E-state index contributed by atoms with van der Waals surface area (Å²) in [5, 5.41) is 1.87. The summed E-state index contributed by atoms with van der Waals surface area (Å²) in [5.74, 6) is 2.90. The monoisotopic (exact) mass is 315 g/mol. The number of hydrogen-bond donors (Lipinski definition) is 1. The zero-order valence-electron chi connectivity index (χ0n) is 11.6. The fourth-order valence-electron chi connectivity index (χ4n) is 4.88. The standard InChI is InChI=1S/C17H17NOS2/c19-17-18-16-15(21-17)12(9-4-2-1-3-5-9)13-10-6-7-11(8-10)14(13)20-16/h1-5,10-14H,6-8H2,(H,18,19)/t10-,11-,12+,13-,14-/m0/s1. The molecule has 5 rings (SSSR count). The predicted octanol–water partition coefficient (Wildman–Crippen LogP) is 4.09. The van der Waals surface area contributed by atoms with E-state index in [0.29, 0.717) is 11.2 Å².